The lowest BCUT2D eigenvalue weighted by molar-refractivity contribution is 0.231. The van der Waals surface area contributed by atoms with E-state index in [1.54, 1.807) is 0 Å². The number of benzene rings is 1. The summed E-state index contributed by atoms with van der Waals surface area (Å²) in [6.45, 7) is 8.73. The minimum Gasteiger partial charge on any atom is -0.490 e. The van der Waals surface area contributed by atoms with E-state index in [0.717, 1.165) is 24.8 Å². The molecule has 0 bridgehead atoms. The van der Waals surface area contributed by atoms with Crippen LogP contribution >= 0.6 is 0 Å². The van der Waals surface area contributed by atoms with Gasteiger partial charge in [0.2, 0.25) is 5.75 Å². The number of hydrogen-bond acceptors (Lipinski definition) is 4. The molecule has 0 aliphatic heterocycles. The van der Waals surface area contributed by atoms with Crippen LogP contribution in [0.25, 0.3) is 0 Å². The van der Waals surface area contributed by atoms with Crippen LogP contribution in [0.2, 0.25) is 0 Å². The lowest BCUT2D eigenvalue weighted by Gasteiger charge is -2.18. The van der Waals surface area contributed by atoms with E-state index in [2.05, 4.69) is 20.8 Å². The Morgan fingerprint density at radius 1 is 0.486 bits per heavy atom. The first-order valence-corrected chi connectivity index (χ1v) is 14.9. The van der Waals surface area contributed by atoms with Crippen LogP contribution in [-0.2, 0) is 6.61 Å². The molecule has 0 spiro atoms. The highest BCUT2D eigenvalue weighted by Crippen LogP contribution is 2.39. The predicted molar refractivity (Wildman–Crippen MR) is 149 cm³/mol. The van der Waals surface area contributed by atoms with Crippen LogP contribution < -0.4 is 14.2 Å². The molecule has 0 saturated heterocycles. The summed E-state index contributed by atoms with van der Waals surface area (Å²) < 4.78 is 18.6. The van der Waals surface area contributed by atoms with Gasteiger partial charge in [0.15, 0.2) is 11.5 Å². The number of rotatable bonds is 25. The summed E-state index contributed by atoms with van der Waals surface area (Å²) in [6.07, 6.45) is 22.2. The van der Waals surface area contributed by atoms with Gasteiger partial charge < -0.3 is 19.3 Å². The van der Waals surface area contributed by atoms with Gasteiger partial charge in [-0.05, 0) is 37.0 Å². The maximum Gasteiger partial charge on any atom is 0.203 e. The van der Waals surface area contributed by atoms with E-state index in [1.165, 1.54) is 96.3 Å². The van der Waals surface area contributed by atoms with Crippen LogP contribution in [0.4, 0.5) is 0 Å². The van der Waals surface area contributed by atoms with Crippen LogP contribution in [0, 0.1) is 0 Å². The standard InChI is InChI=1S/C31H56O4/c1-4-7-10-13-16-19-22-33-29-25-28(27-32)26-30(34-23-20-17-14-11-8-5-2)31(29)35-24-21-18-15-12-9-6-3/h25-26,32H,4-24,27H2,1-3H3. The van der Waals surface area contributed by atoms with Crippen LogP contribution in [0.15, 0.2) is 12.1 Å². The molecule has 1 aromatic carbocycles. The van der Waals surface area contributed by atoms with Gasteiger partial charge in [-0.3, -0.25) is 0 Å². The average molecular weight is 493 g/mol. The third kappa shape index (κ3) is 16.0. The first kappa shape index (κ1) is 31.6. The molecule has 0 atom stereocenters. The Hall–Kier alpha value is -1.42. The molecule has 0 fully saturated rings. The van der Waals surface area contributed by atoms with Crippen LogP contribution in [0.3, 0.4) is 0 Å². The van der Waals surface area contributed by atoms with Crippen molar-refractivity contribution < 1.29 is 19.3 Å². The van der Waals surface area contributed by atoms with Gasteiger partial charge in [-0.25, -0.2) is 0 Å². The number of aliphatic hydroxyl groups is 1. The Balaban J connectivity index is 2.69. The van der Waals surface area contributed by atoms with Crippen molar-refractivity contribution in [1.29, 1.82) is 0 Å². The van der Waals surface area contributed by atoms with E-state index in [-0.39, 0.29) is 6.61 Å². The zero-order valence-electron chi connectivity index (χ0n) is 23.4. The fourth-order valence-corrected chi connectivity index (χ4v) is 4.26. The maximum atomic E-state index is 9.83. The molecule has 0 heterocycles. The molecule has 0 aliphatic rings. The molecular weight excluding hydrogens is 436 g/mol. The second-order valence-electron chi connectivity index (χ2n) is 9.93. The molecule has 1 rings (SSSR count). The highest BCUT2D eigenvalue weighted by molar-refractivity contribution is 5.53. The Labute approximate surface area is 217 Å². The lowest BCUT2D eigenvalue weighted by Crippen LogP contribution is -2.07. The molecule has 0 saturated carbocycles. The van der Waals surface area contributed by atoms with Crippen molar-refractivity contribution in [2.24, 2.45) is 0 Å². The van der Waals surface area contributed by atoms with Crippen molar-refractivity contribution in [3.05, 3.63) is 17.7 Å². The van der Waals surface area contributed by atoms with E-state index < -0.39 is 0 Å². The summed E-state index contributed by atoms with van der Waals surface area (Å²) in [6, 6.07) is 3.84. The number of hydrogen-bond donors (Lipinski definition) is 1. The first-order chi connectivity index (χ1) is 17.3. The molecule has 35 heavy (non-hydrogen) atoms. The minimum absolute atomic E-state index is 0.0293. The third-order valence-electron chi connectivity index (χ3n) is 6.52. The minimum atomic E-state index is -0.0293. The van der Waals surface area contributed by atoms with Gasteiger partial charge in [-0.15, -0.1) is 0 Å². The quantitative estimate of drug-likeness (QED) is 0.138. The maximum absolute atomic E-state index is 9.83. The van der Waals surface area contributed by atoms with E-state index in [4.69, 9.17) is 14.2 Å². The van der Waals surface area contributed by atoms with E-state index in [1.807, 2.05) is 12.1 Å². The summed E-state index contributed by atoms with van der Waals surface area (Å²) in [5.74, 6) is 2.15. The Morgan fingerprint density at radius 3 is 1.20 bits per heavy atom. The fraction of sp³-hybridized carbons (Fsp3) is 0.806. The van der Waals surface area contributed by atoms with Crippen LogP contribution in [0.1, 0.15) is 142 Å². The average Bonchev–Trinajstić information content (AvgIpc) is 2.87. The highest BCUT2D eigenvalue weighted by Gasteiger charge is 2.16. The van der Waals surface area contributed by atoms with Crippen LogP contribution in [-0.4, -0.2) is 24.9 Å². The van der Waals surface area contributed by atoms with E-state index in [9.17, 15) is 5.11 Å². The van der Waals surface area contributed by atoms with Crippen molar-refractivity contribution in [2.45, 2.75) is 143 Å². The molecule has 4 heteroatoms. The Kier molecular flexibility index (Phi) is 20.8. The number of ether oxygens (including phenoxy) is 3. The number of aliphatic hydroxyl groups excluding tert-OH is 1. The van der Waals surface area contributed by atoms with Gasteiger partial charge in [0.25, 0.3) is 0 Å². The smallest absolute Gasteiger partial charge is 0.203 e. The van der Waals surface area contributed by atoms with Gasteiger partial charge in [0.05, 0.1) is 26.4 Å². The molecule has 0 unspecified atom stereocenters. The molecular formula is C31H56O4. The van der Waals surface area contributed by atoms with Crippen molar-refractivity contribution in [2.75, 3.05) is 19.8 Å². The van der Waals surface area contributed by atoms with Crippen LogP contribution in [0.5, 0.6) is 17.2 Å². The normalized spacial score (nSPS) is 11.1. The first-order valence-electron chi connectivity index (χ1n) is 14.9. The van der Waals surface area contributed by atoms with Crippen molar-refractivity contribution in [1.82, 2.24) is 0 Å². The summed E-state index contributed by atoms with van der Waals surface area (Å²) in [4.78, 5) is 0. The monoisotopic (exact) mass is 492 g/mol. The predicted octanol–water partition coefficient (Wildman–Crippen LogP) is 9.40. The molecule has 1 aromatic rings. The second kappa shape index (κ2) is 23.0. The van der Waals surface area contributed by atoms with Crippen molar-refractivity contribution >= 4 is 0 Å². The molecule has 4 nitrogen and oxygen atoms in total. The topological polar surface area (TPSA) is 47.9 Å². The van der Waals surface area contributed by atoms with Crippen molar-refractivity contribution in [3.8, 4) is 17.2 Å². The van der Waals surface area contributed by atoms with E-state index >= 15 is 0 Å². The van der Waals surface area contributed by atoms with Gasteiger partial charge in [-0.1, -0.05) is 117 Å². The largest absolute Gasteiger partial charge is 0.490 e. The van der Waals surface area contributed by atoms with Gasteiger partial charge in [0.1, 0.15) is 0 Å². The second-order valence-corrected chi connectivity index (χ2v) is 9.93. The zero-order valence-corrected chi connectivity index (χ0v) is 23.4. The molecule has 0 amide bonds. The van der Waals surface area contributed by atoms with Gasteiger partial charge >= 0.3 is 0 Å². The Morgan fingerprint density at radius 2 is 0.829 bits per heavy atom. The number of unbranched alkanes of at least 4 members (excludes halogenated alkanes) is 15. The molecule has 1 N–H and O–H groups in total. The summed E-state index contributed by atoms with van der Waals surface area (Å²) >= 11 is 0. The summed E-state index contributed by atoms with van der Waals surface area (Å²) in [5.41, 5.74) is 0.813. The SMILES string of the molecule is CCCCCCCCOc1cc(CO)cc(OCCCCCCCC)c1OCCCCCCCC. The van der Waals surface area contributed by atoms with E-state index in [0.29, 0.717) is 37.1 Å². The molecule has 0 radical (unpaired) electrons. The third-order valence-corrected chi connectivity index (χ3v) is 6.52. The molecule has 204 valence electrons. The lowest BCUT2D eigenvalue weighted by atomic mass is 10.1. The van der Waals surface area contributed by atoms with Crippen molar-refractivity contribution in [3.63, 3.8) is 0 Å². The van der Waals surface area contributed by atoms with Gasteiger partial charge in [0, 0.05) is 0 Å². The molecule has 0 aromatic heterocycles. The summed E-state index contributed by atoms with van der Waals surface area (Å²) in [5, 5.41) is 9.83. The zero-order chi connectivity index (χ0) is 25.4. The molecule has 0 aliphatic carbocycles. The van der Waals surface area contributed by atoms with Gasteiger partial charge in [-0.2, -0.15) is 0 Å². The summed E-state index contributed by atoms with van der Waals surface area (Å²) in [7, 11) is 0. The highest BCUT2D eigenvalue weighted by atomic mass is 16.5. The Bertz CT molecular complexity index is 563. The fourth-order valence-electron chi connectivity index (χ4n) is 4.26.